The van der Waals surface area contributed by atoms with Crippen LogP contribution in [0.3, 0.4) is 0 Å². The quantitative estimate of drug-likeness (QED) is 0.894. The molecule has 3 nitrogen and oxygen atoms in total. The highest BCUT2D eigenvalue weighted by Gasteiger charge is 2.21. The molecule has 5 heteroatoms. The van der Waals surface area contributed by atoms with Gasteiger partial charge < -0.3 is 10.1 Å². The second-order valence-electron chi connectivity index (χ2n) is 5.89. The van der Waals surface area contributed by atoms with Crippen LogP contribution in [0.1, 0.15) is 35.4 Å². The molecule has 1 fully saturated rings. The highest BCUT2D eigenvalue weighted by atomic mass is 35.5. The zero-order valence-corrected chi connectivity index (χ0v) is 13.9. The minimum Gasteiger partial charge on any atom is -0.487 e. The van der Waals surface area contributed by atoms with Gasteiger partial charge in [0, 0.05) is 5.56 Å². The van der Waals surface area contributed by atoms with Crippen molar-refractivity contribution in [3.05, 3.63) is 63.9 Å². The van der Waals surface area contributed by atoms with Gasteiger partial charge >= 0.3 is 0 Å². The van der Waals surface area contributed by atoms with E-state index in [-0.39, 0.29) is 6.61 Å². The first kappa shape index (κ1) is 16.8. The second-order valence-corrected chi connectivity index (χ2v) is 6.30. The van der Waals surface area contributed by atoms with Crippen molar-refractivity contribution in [2.24, 2.45) is 0 Å². The van der Waals surface area contributed by atoms with Gasteiger partial charge in [-0.15, -0.1) is 0 Å². The second kappa shape index (κ2) is 7.65. The summed E-state index contributed by atoms with van der Waals surface area (Å²) < 4.78 is 19.9. The number of hydrogen-bond donors (Lipinski definition) is 1. The lowest BCUT2D eigenvalue weighted by atomic mass is 9.89. The van der Waals surface area contributed by atoms with Crippen molar-refractivity contribution in [1.29, 1.82) is 5.26 Å². The van der Waals surface area contributed by atoms with Crippen LogP contribution in [0.25, 0.3) is 0 Å². The van der Waals surface area contributed by atoms with Crippen LogP contribution in [0.15, 0.2) is 36.4 Å². The highest BCUT2D eigenvalue weighted by Crippen LogP contribution is 2.37. The summed E-state index contributed by atoms with van der Waals surface area (Å²) in [6.07, 6.45) is 2.06. The molecule has 3 rings (SSSR count). The summed E-state index contributed by atoms with van der Waals surface area (Å²) in [5.41, 5.74) is 1.78. The number of benzene rings is 2. The molecule has 2 aromatic rings. The fraction of sp³-hybridized carbons (Fsp3) is 0.316. The molecule has 2 aromatic carbocycles. The Labute approximate surface area is 146 Å². The van der Waals surface area contributed by atoms with Gasteiger partial charge in [-0.25, -0.2) is 4.39 Å². The number of nitriles is 1. The predicted octanol–water partition coefficient (Wildman–Crippen LogP) is 4.40. The van der Waals surface area contributed by atoms with E-state index in [4.69, 9.17) is 21.6 Å². The Bertz CT molecular complexity index is 766. The van der Waals surface area contributed by atoms with E-state index in [1.54, 1.807) is 18.2 Å². The zero-order valence-electron chi connectivity index (χ0n) is 13.2. The van der Waals surface area contributed by atoms with Crippen LogP contribution in [0.2, 0.25) is 5.02 Å². The molecule has 0 aromatic heterocycles. The van der Waals surface area contributed by atoms with Gasteiger partial charge in [0.05, 0.1) is 16.7 Å². The number of para-hydroxylation sites is 1. The van der Waals surface area contributed by atoms with E-state index in [1.807, 2.05) is 18.2 Å². The summed E-state index contributed by atoms with van der Waals surface area (Å²) in [6, 6.07) is 12.1. The maximum atomic E-state index is 14.0. The summed E-state index contributed by atoms with van der Waals surface area (Å²) in [4.78, 5) is 0. The number of piperidine rings is 1. The first-order valence-electron chi connectivity index (χ1n) is 7.99. The minimum absolute atomic E-state index is 0.0826. The Hall–Kier alpha value is -2.09. The maximum Gasteiger partial charge on any atom is 0.141 e. The Morgan fingerprint density at radius 3 is 2.75 bits per heavy atom. The average molecular weight is 345 g/mol. The first-order chi connectivity index (χ1) is 11.7. The summed E-state index contributed by atoms with van der Waals surface area (Å²) in [5, 5.41) is 12.7. The fourth-order valence-electron chi connectivity index (χ4n) is 3.02. The van der Waals surface area contributed by atoms with Crippen molar-refractivity contribution in [2.75, 3.05) is 13.1 Å². The Balaban J connectivity index is 1.81. The normalized spacial score (nSPS) is 15.0. The third-order valence-corrected chi connectivity index (χ3v) is 4.63. The van der Waals surface area contributed by atoms with E-state index in [1.165, 1.54) is 6.07 Å². The molecule has 0 aliphatic carbocycles. The van der Waals surface area contributed by atoms with Gasteiger partial charge in [0.2, 0.25) is 0 Å². The van der Waals surface area contributed by atoms with Gasteiger partial charge in [0.1, 0.15) is 18.2 Å². The Morgan fingerprint density at radius 1 is 1.25 bits per heavy atom. The molecule has 24 heavy (non-hydrogen) atoms. The van der Waals surface area contributed by atoms with Crippen molar-refractivity contribution in [3.8, 4) is 11.8 Å². The van der Waals surface area contributed by atoms with Crippen LogP contribution >= 0.6 is 11.6 Å². The van der Waals surface area contributed by atoms with Gasteiger partial charge in [-0.2, -0.15) is 5.26 Å². The number of ether oxygens (including phenoxy) is 1. The summed E-state index contributed by atoms with van der Waals surface area (Å²) >= 11 is 6.32. The Kier molecular flexibility index (Phi) is 5.34. The SMILES string of the molecule is N#Cc1ccc(COc2c(Cl)cccc2C2CCNCC2)c(F)c1. The van der Waals surface area contributed by atoms with Crippen LogP contribution < -0.4 is 10.1 Å². The predicted molar refractivity (Wildman–Crippen MR) is 91.7 cm³/mol. The lowest BCUT2D eigenvalue weighted by molar-refractivity contribution is 0.292. The van der Waals surface area contributed by atoms with Crippen molar-refractivity contribution < 1.29 is 9.13 Å². The minimum atomic E-state index is -0.440. The van der Waals surface area contributed by atoms with E-state index < -0.39 is 5.82 Å². The van der Waals surface area contributed by atoms with Crippen molar-refractivity contribution in [3.63, 3.8) is 0 Å². The molecular weight excluding hydrogens is 327 g/mol. The molecular formula is C19H18ClFN2O. The number of rotatable bonds is 4. The lowest BCUT2D eigenvalue weighted by Crippen LogP contribution is -2.26. The molecule has 1 heterocycles. The molecule has 1 aliphatic heterocycles. The largest absolute Gasteiger partial charge is 0.487 e. The van der Waals surface area contributed by atoms with Gasteiger partial charge in [-0.1, -0.05) is 29.8 Å². The molecule has 0 spiro atoms. The van der Waals surface area contributed by atoms with Crippen LogP contribution in [-0.4, -0.2) is 13.1 Å². The van der Waals surface area contributed by atoms with Crippen molar-refractivity contribution in [1.82, 2.24) is 5.32 Å². The van der Waals surface area contributed by atoms with Crippen molar-refractivity contribution in [2.45, 2.75) is 25.4 Å². The molecule has 0 unspecified atom stereocenters. The molecule has 1 N–H and O–H groups in total. The summed E-state index contributed by atoms with van der Waals surface area (Å²) in [6.45, 7) is 2.03. The maximum absolute atomic E-state index is 14.0. The lowest BCUT2D eigenvalue weighted by Gasteiger charge is -2.25. The molecule has 1 saturated heterocycles. The van der Waals surface area contributed by atoms with Gasteiger partial charge in [-0.3, -0.25) is 0 Å². The van der Waals surface area contributed by atoms with E-state index >= 15 is 0 Å². The van der Waals surface area contributed by atoms with Crippen molar-refractivity contribution >= 4 is 11.6 Å². The number of halogens is 2. The van der Waals surface area contributed by atoms with Crippen LogP contribution in [0, 0.1) is 17.1 Å². The van der Waals surface area contributed by atoms with E-state index in [0.29, 0.717) is 27.8 Å². The first-order valence-corrected chi connectivity index (χ1v) is 8.37. The number of nitrogens with zero attached hydrogens (tertiary/aromatic N) is 1. The molecule has 0 radical (unpaired) electrons. The monoisotopic (exact) mass is 344 g/mol. The fourth-order valence-corrected chi connectivity index (χ4v) is 3.25. The zero-order chi connectivity index (χ0) is 16.9. The molecule has 0 saturated carbocycles. The Morgan fingerprint density at radius 2 is 2.04 bits per heavy atom. The highest BCUT2D eigenvalue weighted by molar-refractivity contribution is 6.32. The average Bonchev–Trinajstić information content (AvgIpc) is 2.62. The standard InChI is InChI=1S/C19H18ClFN2O/c20-17-3-1-2-16(14-6-8-23-9-7-14)19(17)24-12-15-5-4-13(11-22)10-18(15)21/h1-5,10,14,23H,6-9,12H2. The number of nitrogens with one attached hydrogen (secondary N) is 1. The van der Waals surface area contributed by atoms with E-state index in [9.17, 15) is 4.39 Å². The van der Waals surface area contributed by atoms with E-state index in [0.717, 1.165) is 31.5 Å². The topological polar surface area (TPSA) is 45.0 Å². The molecule has 0 amide bonds. The smallest absolute Gasteiger partial charge is 0.141 e. The van der Waals surface area contributed by atoms with Gasteiger partial charge in [0.25, 0.3) is 0 Å². The molecule has 0 atom stereocenters. The van der Waals surface area contributed by atoms with Crippen LogP contribution in [-0.2, 0) is 6.61 Å². The van der Waals surface area contributed by atoms with E-state index in [2.05, 4.69) is 5.32 Å². The van der Waals surface area contributed by atoms with Gasteiger partial charge in [0.15, 0.2) is 0 Å². The molecule has 1 aliphatic rings. The van der Waals surface area contributed by atoms with Crippen LogP contribution in [0.4, 0.5) is 4.39 Å². The third-order valence-electron chi connectivity index (χ3n) is 4.33. The van der Waals surface area contributed by atoms with Gasteiger partial charge in [-0.05, 0) is 55.6 Å². The summed E-state index contributed by atoms with van der Waals surface area (Å²) in [5.74, 6) is 0.588. The molecule has 124 valence electrons. The molecule has 0 bridgehead atoms. The van der Waals surface area contributed by atoms with Crippen LogP contribution in [0.5, 0.6) is 5.75 Å². The summed E-state index contributed by atoms with van der Waals surface area (Å²) in [7, 11) is 0. The number of hydrogen-bond acceptors (Lipinski definition) is 3. The third kappa shape index (κ3) is 3.69.